The van der Waals surface area contributed by atoms with E-state index in [1.807, 2.05) is 13.8 Å². The smallest absolute Gasteiger partial charge is 0.0703 e. The van der Waals surface area contributed by atoms with Crippen LogP contribution in [0.1, 0.15) is 24.3 Å². The van der Waals surface area contributed by atoms with Crippen LogP contribution >= 0.6 is 11.3 Å². The summed E-state index contributed by atoms with van der Waals surface area (Å²) in [7, 11) is 0. The highest BCUT2D eigenvalue weighted by molar-refractivity contribution is 7.10. The summed E-state index contributed by atoms with van der Waals surface area (Å²) in [5.41, 5.74) is 1.37. The summed E-state index contributed by atoms with van der Waals surface area (Å²) < 4.78 is 10.8. The minimum absolute atomic E-state index is 0.290. The van der Waals surface area contributed by atoms with Gasteiger partial charge in [-0.05, 0) is 37.8 Å². The first-order chi connectivity index (χ1) is 8.20. The molecule has 1 aromatic rings. The molecule has 0 fully saturated rings. The molecule has 0 radical (unpaired) electrons. The van der Waals surface area contributed by atoms with Gasteiger partial charge in [-0.25, -0.2) is 0 Å². The lowest BCUT2D eigenvalue weighted by atomic mass is 10.3. The molecule has 0 saturated carbocycles. The van der Waals surface area contributed by atoms with Crippen LogP contribution in [0.4, 0.5) is 0 Å². The van der Waals surface area contributed by atoms with Crippen LogP contribution in [0.25, 0.3) is 0 Å². The van der Waals surface area contributed by atoms with Crippen molar-refractivity contribution in [3.63, 3.8) is 0 Å². The molecule has 0 aromatic carbocycles. The van der Waals surface area contributed by atoms with Gasteiger partial charge in [0.25, 0.3) is 0 Å². The molecule has 1 rings (SSSR count). The van der Waals surface area contributed by atoms with Gasteiger partial charge in [-0.2, -0.15) is 0 Å². The van der Waals surface area contributed by atoms with Crippen LogP contribution in [0.2, 0.25) is 0 Å². The zero-order valence-electron chi connectivity index (χ0n) is 11.0. The largest absolute Gasteiger partial charge is 0.378 e. The standard InChI is InChI=1S/C13H23NO2S/c1-11(2)16-8-7-15-6-5-14-10-13-12(3)4-9-17-13/h4,9,11,14H,5-8,10H2,1-3H3. The molecule has 0 unspecified atom stereocenters. The minimum Gasteiger partial charge on any atom is -0.378 e. The first-order valence-electron chi connectivity index (χ1n) is 6.13. The van der Waals surface area contributed by atoms with Crippen LogP contribution in [0, 0.1) is 6.92 Å². The third-order valence-corrected chi connectivity index (χ3v) is 3.38. The molecular weight excluding hydrogens is 234 g/mol. The fraction of sp³-hybridized carbons (Fsp3) is 0.692. The summed E-state index contributed by atoms with van der Waals surface area (Å²) in [5, 5.41) is 5.50. The van der Waals surface area contributed by atoms with Crippen LogP contribution < -0.4 is 5.32 Å². The van der Waals surface area contributed by atoms with Gasteiger partial charge in [-0.1, -0.05) is 0 Å². The number of thiophene rings is 1. The molecule has 1 heterocycles. The van der Waals surface area contributed by atoms with E-state index in [2.05, 4.69) is 23.7 Å². The second-order valence-electron chi connectivity index (χ2n) is 4.24. The summed E-state index contributed by atoms with van der Waals surface area (Å²) in [5.74, 6) is 0. The van der Waals surface area contributed by atoms with Crippen molar-refractivity contribution in [3.8, 4) is 0 Å². The van der Waals surface area contributed by atoms with Gasteiger partial charge in [0.15, 0.2) is 0 Å². The Labute approximate surface area is 108 Å². The lowest BCUT2D eigenvalue weighted by molar-refractivity contribution is 0.0204. The number of hydrogen-bond acceptors (Lipinski definition) is 4. The van der Waals surface area contributed by atoms with Crippen LogP contribution in [-0.2, 0) is 16.0 Å². The van der Waals surface area contributed by atoms with Crippen molar-refractivity contribution in [2.75, 3.05) is 26.4 Å². The SMILES string of the molecule is Cc1ccsc1CNCCOCCOC(C)C. The Hall–Kier alpha value is -0.420. The lowest BCUT2D eigenvalue weighted by Gasteiger charge is -2.08. The summed E-state index contributed by atoms with van der Waals surface area (Å²) in [6, 6.07) is 2.15. The summed E-state index contributed by atoms with van der Waals surface area (Å²) in [6.45, 7) is 10.1. The van der Waals surface area contributed by atoms with Gasteiger partial charge < -0.3 is 14.8 Å². The molecule has 1 aromatic heterocycles. The Morgan fingerprint density at radius 2 is 2.12 bits per heavy atom. The highest BCUT2D eigenvalue weighted by Crippen LogP contribution is 2.14. The molecule has 0 aliphatic rings. The summed E-state index contributed by atoms with van der Waals surface area (Å²) >= 11 is 1.80. The van der Waals surface area contributed by atoms with E-state index in [1.54, 1.807) is 11.3 Å². The molecule has 0 saturated heterocycles. The van der Waals surface area contributed by atoms with Gasteiger partial charge >= 0.3 is 0 Å². The average molecular weight is 257 g/mol. The van der Waals surface area contributed by atoms with E-state index in [9.17, 15) is 0 Å². The van der Waals surface area contributed by atoms with E-state index in [0.717, 1.165) is 19.7 Å². The number of ether oxygens (including phenoxy) is 2. The lowest BCUT2D eigenvalue weighted by Crippen LogP contribution is -2.20. The van der Waals surface area contributed by atoms with Crippen molar-refractivity contribution in [1.29, 1.82) is 0 Å². The van der Waals surface area contributed by atoms with E-state index in [1.165, 1.54) is 10.4 Å². The summed E-state index contributed by atoms with van der Waals surface area (Å²) in [6.07, 6.45) is 0.290. The van der Waals surface area contributed by atoms with Crippen molar-refractivity contribution < 1.29 is 9.47 Å². The monoisotopic (exact) mass is 257 g/mol. The van der Waals surface area contributed by atoms with E-state index < -0.39 is 0 Å². The normalized spacial score (nSPS) is 11.3. The second-order valence-corrected chi connectivity index (χ2v) is 5.24. The molecule has 3 nitrogen and oxygen atoms in total. The quantitative estimate of drug-likeness (QED) is 0.690. The highest BCUT2D eigenvalue weighted by atomic mass is 32.1. The molecule has 98 valence electrons. The maximum Gasteiger partial charge on any atom is 0.0703 e. The van der Waals surface area contributed by atoms with Crippen molar-refractivity contribution in [2.24, 2.45) is 0 Å². The van der Waals surface area contributed by atoms with E-state index in [-0.39, 0.29) is 0 Å². The first-order valence-corrected chi connectivity index (χ1v) is 7.01. The molecule has 0 bridgehead atoms. The van der Waals surface area contributed by atoms with E-state index >= 15 is 0 Å². The molecule has 17 heavy (non-hydrogen) atoms. The van der Waals surface area contributed by atoms with E-state index in [4.69, 9.17) is 9.47 Å². The van der Waals surface area contributed by atoms with Gasteiger partial charge in [-0.15, -0.1) is 11.3 Å². The van der Waals surface area contributed by atoms with E-state index in [0.29, 0.717) is 19.3 Å². The maximum absolute atomic E-state index is 5.45. The zero-order chi connectivity index (χ0) is 12.5. The number of aryl methyl sites for hydroxylation is 1. The van der Waals surface area contributed by atoms with Crippen LogP contribution in [0.5, 0.6) is 0 Å². The number of nitrogens with one attached hydrogen (secondary N) is 1. The zero-order valence-corrected chi connectivity index (χ0v) is 11.8. The topological polar surface area (TPSA) is 30.5 Å². The summed E-state index contributed by atoms with van der Waals surface area (Å²) in [4.78, 5) is 1.41. The van der Waals surface area contributed by atoms with Gasteiger partial charge in [-0.3, -0.25) is 0 Å². The Balaban J connectivity index is 1.90. The first kappa shape index (κ1) is 14.6. The molecule has 4 heteroatoms. The predicted octanol–water partition coefficient (Wildman–Crippen LogP) is 2.59. The molecule has 1 N–H and O–H groups in total. The van der Waals surface area contributed by atoms with Gasteiger partial charge in [0.1, 0.15) is 0 Å². The van der Waals surface area contributed by atoms with Gasteiger partial charge in [0, 0.05) is 18.0 Å². The average Bonchev–Trinajstić information content (AvgIpc) is 2.68. The van der Waals surface area contributed by atoms with Crippen molar-refractivity contribution in [2.45, 2.75) is 33.4 Å². The van der Waals surface area contributed by atoms with Gasteiger partial charge in [0.05, 0.1) is 25.9 Å². The van der Waals surface area contributed by atoms with Crippen LogP contribution in [-0.4, -0.2) is 32.5 Å². The Kier molecular flexibility index (Phi) is 7.44. The van der Waals surface area contributed by atoms with Crippen LogP contribution in [0.15, 0.2) is 11.4 Å². The maximum atomic E-state index is 5.45. The van der Waals surface area contributed by atoms with Crippen molar-refractivity contribution in [1.82, 2.24) is 5.32 Å². The molecule has 0 aliphatic carbocycles. The Bertz CT molecular complexity index is 299. The van der Waals surface area contributed by atoms with Crippen LogP contribution in [0.3, 0.4) is 0 Å². The molecule has 0 amide bonds. The second kappa shape index (κ2) is 8.64. The molecule has 0 atom stereocenters. The third-order valence-electron chi connectivity index (χ3n) is 2.36. The highest BCUT2D eigenvalue weighted by Gasteiger charge is 1.98. The molecule has 0 spiro atoms. The third kappa shape index (κ3) is 6.78. The van der Waals surface area contributed by atoms with Gasteiger partial charge in [0.2, 0.25) is 0 Å². The number of rotatable bonds is 9. The fourth-order valence-corrected chi connectivity index (χ4v) is 2.25. The fourth-order valence-electron chi connectivity index (χ4n) is 1.38. The molecule has 0 aliphatic heterocycles. The van der Waals surface area contributed by atoms with Crippen molar-refractivity contribution >= 4 is 11.3 Å². The molecular formula is C13H23NO2S. The number of hydrogen-bond donors (Lipinski definition) is 1. The Morgan fingerprint density at radius 1 is 1.29 bits per heavy atom. The predicted molar refractivity (Wildman–Crippen MR) is 72.7 cm³/mol. The minimum atomic E-state index is 0.290. The van der Waals surface area contributed by atoms with Crippen molar-refractivity contribution in [3.05, 3.63) is 21.9 Å². The Morgan fingerprint density at radius 3 is 2.76 bits per heavy atom.